The predicted octanol–water partition coefficient (Wildman–Crippen LogP) is 3.20. The molecule has 0 radical (unpaired) electrons. The van der Waals surface area contributed by atoms with Crippen molar-refractivity contribution < 1.29 is 28.5 Å². The molecule has 2 aliphatic heterocycles. The lowest BCUT2D eigenvalue weighted by atomic mass is 9.92. The van der Waals surface area contributed by atoms with E-state index in [-0.39, 0.29) is 28.4 Å². The van der Waals surface area contributed by atoms with Crippen LogP contribution in [0.2, 0.25) is 36.3 Å². The molecule has 0 amide bonds. The van der Waals surface area contributed by atoms with Gasteiger partial charge in [0, 0.05) is 30.3 Å². The van der Waals surface area contributed by atoms with Gasteiger partial charge in [-0.25, -0.2) is 9.59 Å². The highest BCUT2D eigenvalue weighted by Crippen LogP contribution is 2.48. The van der Waals surface area contributed by atoms with Crippen LogP contribution < -0.4 is 22.7 Å². The number of terminal acetylenes is 2. The number of H-pyrrole nitrogens is 1. The monoisotopic (exact) mass is 759 g/mol. The molecular formula is C36H57N5O9Si2. The van der Waals surface area contributed by atoms with Crippen molar-refractivity contribution in [3.8, 4) is 24.7 Å². The van der Waals surface area contributed by atoms with E-state index in [2.05, 4.69) is 89.5 Å². The number of nitrogens with zero attached hydrogens (tertiary/aromatic N) is 3. The lowest BCUT2D eigenvalue weighted by molar-refractivity contribution is -0.0918. The summed E-state index contributed by atoms with van der Waals surface area (Å²) in [6.07, 6.45) is 11.3. The highest BCUT2D eigenvalue weighted by Gasteiger charge is 2.58. The Labute approximate surface area is 308 Å². The van der Waals surface area contributed by atoms with Crippen LogP contribution in [0, 0.1) is 36.5 Å². The Morgan fingerprint density at radius 3 is 1.90 bits per heavy atom. The second-order valence-corrected chi connectivity index (χ2v) is 26.4. The van der Waals surface area contributed by atoms with Crippen molar-refractivity contribution in [1.29, 1.82) is 0 Å². The summed E-state index contributed by atoms with van der Waals surface area (Å²) in [4.78, 5) is 41.9. The van der Waals surface area contributed by atoms with Crippen LogP contribution in [0.25, 0.3) is 0 Å². The number of hydrogen-bond acceptors (Lipinski definition) is 11. The molecule has 4 heterocycles. The van der Waals surface area contributed by atoms with Gasteiger partial charge < -0.3 is 34.3 Å². The van der Waals surface area contributed by atoms with E-state index < -0.39 is 82.0 Å². The normalized spacial score (nSPS) is 29.5. The molecule has 0 aromatic carbocycles. The minimum atomic E-state index is -2.25. The van der Waals surface area contributed by atoms with Gasteiger partial charge in [-0.1, -0.05) is 67.2 Å². The van der Waals surface area contributed by atoms with Crippen molar-refractivity contribution in [1.82, 2.24) is 19.1 Å². The van der Waals surface area contributed by atoms with E-state index in [1.165, 1.54) is 33.7 Å². The molecule has 4 rings (SSSR count). The van der Waals surface area contributed by atoms with Gasteiger partial charge in [0.25, 0.3) is 5.56 Å². The molecule has 0 aliphatic carbocycles. The summed E-state index contributed by atoms with van der Waals surface area (Å²) in [5.74, 6) is 4.49. The Hall–Kier alpha value is -3.33. The molecule has 0 spiro atoms. The van der Waals surface area contributed by atoms with E-state index in [4.69, 9.17) is 36.9 Å². The molecule has 8 unspecified atom stereocenters. The molecule has 52 heavy (non-hydrogen) atoms. The zero-order chi connectivity index (χ0) is 39.8. The summed E-state index contributed by atoms with van der Waals surface area (Å²) in [6.45, 7) is 25.0. The Morgan fingerprint density at radius 2 is 1.44 bits per heavy atom. The van der Waals surface area contributed by atoms with Crippen molar-refractivity contribution in [3.63, 3.8) is 0 Å². The standard InChI is InChI=1S/C24H42N2O5Si2.C12H15N3O4/c1-13-24(16-29-32(9,10)22(3,4)5)19(31-33(11,12)23(6,7)8)17(2)20(30-24)26-15-14-18(27)25-21(26)28;1-3-12(6-16)9(17)7(2)10(19-12)15-5-4-8(13)14-11(15)18/h1,14-15,17,19-20H,16H2,2-12H3,(H,25,27,28);1,4-5,7,9-10,16-17H,6H2,2H3,(H2,13,14,18). The smallest absolute Gasteiger partial charge is 0.351 e. The highest BCUT2D eigenvalue weighted by atomic mass is 28.4. The molecule has 2 aliphatic rings. The molecular weight excluding hydrogens is 703 g/mol. The number of nitrogen functional groups attached to an aromatic ring is 1. The summed E-state index contributed by atoms with van der Waals surface area (Å²) in [5.41, 5.74) is 1.14. The Balaban J connectivity index is 0.000000323. The van der Waals surface area contributed by atoms with E-state index in [0.717, 1.165) is 0 Å². The lowest BCUT2D eigenvalue weighted by Crippen LogP contribution is -2.55. The van der Waals surface area contributed by atoms with Gasteiger partial charge in [0.1, 0.15) is 24.4 Å². The number of rotatable bonds is 8. The zero-order valence-electron chi connectivity index (χ0n) is 32.5. The van der Waals surface area contributed by atoms with Gasteiger partial charge in [0.15, 0.2) is 27.8 Å². The Morgan fingerprint density at radius 1 is 0.923 bits per heavy atom. The molecule has 2 aromatic rings. The topological polar surface area (TPSA) is 193 Å². The van der Waals surface area contributed by atoms with Crippen LogP contribution in [0.15, 0.2) is 38.9 Å². The summed E-state index contributed by atoms with van der Waals surface area (Å²) < 4.78 is 28.0. The quantitative estimate of drug-likeness (QED) is 0.228. The maximum atomic E-state index is 12.6. The minimum Gasteiger partial charge on any atom is -0.413 e. The maximum absolute atomic E-state index is 12.6. The van der Waals surface area contributed by atoms with Gasteiger partial charge in [0.05, 0.1) is 19.3 Å². The molecule has 0 bridgehead atoms. The number of aliphatic hydroxyl groups is 2. The van der Waals surface area contributed by atoms with E-state index in [1.54, 1.807) is 6.92 Å². The van der Waals surface area contributed by atoms with Crippen LogP contribution in [0.1, 0.15) is 67.8 Å². The largest absolute Gasteiger partial charge is 0.413 e. The maximum Gasteiger partial charge on any atom is 0.351 e. The summed E-state index contributed by atoms with van der Waals surface area (Å²) >= 11 is 0. The van der Waals surface area contributed by atoms with Crippen molar-refractivity contribution in [2.24, 2.45) is 11.8 Å². The van der Waals surface area contributed by atoms with Crippen molar-refractivity contribution in [3.05, 3.63) is 55.8 Å². The lowest BCUT2D eigenvalue weighted by Gasteiger charge is -2.44. The predicted molar refractivity (Wildman–Crippen MR) is 204 cm³/mol. The molecule has 2 saturated heterocycles. The fraction of sp³-hybridized carbons (Fsp3) is 0.667. The molecule has 2 fully saturated rings. The zero-order valence-corrected chi connectivity index (χ0v) is 34.5. The molecule has 16 heteroatoms. The van der Waals surface area contributed by atoms with E-state index in [9.17, 15) is 24.6 Å². The molecule has 8 atom stereocenters. The first-order valence-electron chi connectivity index (χ1n) is 17.3. The Kier molecular flexibility index (Phi) is 12.6. The third-order valence-corrected chi connectivity index (χ3v) is 20.1. The SMILES string of the molecule is C#CC1(CO)OC(n2ccc(N)nc2=O)C(C)C1O.C#CC1(CO[Si](C)(C)C(C)(C)C)OC(n2ccc(=O)[nH]c2=O)C(C)C1O[Si](C)(C)C(C)(C)C. The molecule has 288 valence electrons. The highest BCUT2D eigenvalue weighted by molar-refractivity contribution is 6.74. The minimum absolute atomic E-state index is 0.00193. The fourth-order valence-corrected chi connectivity index (χ4v) is 7.98. The second-order valence-electron chi connectivity index (χ2n) is 16.8. The van der Waals surface area contributed by atoms with Crippen LogP contribution in [0.5, 0.6) is 0 Å². The molecule has 5 N–H and O–H groups in total. The molecule has 0 saturated carbocycles. The number of anilines is 1. The van der Waals surface area contributed by atoms with Crippen molar-refractivity contribution in [2.75, 3.05) is 18.9 Å². The summed E-state index contributed by atoms with van der Waals surface area (Å²) in [5, 5.41) is 19.4. The number of aliphatic hydroxyl groups excluding tert-OH is 2. The van der Waals surface area contributed by atoms with E-state index in [1.807, 2.05) is 6.92 Å². The number of nitrogens with one attached hydrogen (secondary N) is 1. The first-order chi connectivity index (χ1) is 23.7. The average Bonchev–Trinajstić information content (AvgIpc) is 3.45. The van der Waals surface area contributed by atoms with Crippen LogP contribution in [-0.2, 0) is 18.3 Å². The number of aromatic amines is 1. The van der Waals surface area contributed by atoms with Gasteiger partial charge in [-0.3, -0.25) is 18.9 Å². The van der Waals surface area contributed by atoms with Crippen LogP contribution in [0.3, 0.4) is 0 Å². The van der Waals surface area contributed by atoms with Crippen LogP contribution >= 0.6 is 0 Å². The molecule has 14 nitrogen and oxygen atoms in total. The summed E-state index contributed by atoms with van der Waals surface area (Å²) in [7, 11) is -4.38. The first-order valence-corrected chi connectivity index (χ1v) is 23.1. The van der Waals surface area contributed by atoms with Gasteiger partial charge in [-0.05, 0) is 42.3 Å². The average molecular weight is 760 g/mol. The third-order valence-electron chi connectivity index (χ3n) is 11.1. The number of nitrogens with two attached hydrogens (primary N) is 1. The second kappa shape index (κ2) is 15.2. The van der Waals surface area contributed by atoms with Crippen molar-refractivity contribution >= 4 is 22.5 Å². The number of ether oxygens (including phenoxy) is 2. The first kappa shape index (κ1) is 43.1. The summed E-state index contributed by atoms with van der Waals surface area (Å²) in [6, 6.07) is 2.75. The third kappa shape index (κ3) is 8.40. The number of hydrogen-bond donors (Lipinski definition) is 4. The van der Waals surface area contributed by atoms with Crippen LogP contribution in [0.4, 0.5) is 5.82 Å². The van der Waals surface area contributed by atoms with E-state index >= 15 is 0 Å². The van der Waals surface area contributed by atoms with Gasteiger partial charge >= 0.3 is 11.4 Å². The Bertz CT molecular complexity index is 1850. The van der Waals surface area contributed by atoms with Crippen molar-refractivity contribution in [2.45, 2.75) is 128 Å². The van der Waals surface area contributed by atoms with Gasteiger partial charge in [0.2, 0.25) is 0 Å². The van der Waals surface area contributed by atoms with Gasteiger partial charge in [-0.15, -0.1) is 12.8 Å². The van der Waals surface area contributed by atoms with Crippen LogP contribution in [-0.4, -0.2) is 82.6 Å². The van der Waals surface area contributed by atoms with Gasteiger partial charge in [-0.2, -0.15) is 4.98 Å². The fourth-order valence-electron chi connectivity index (χ4n) is 5.58. The number of aromatic nitrogens is 4. The molecule has 2 aromatic heterocycles. The van der Waals surface area contributed by atoms with E-state index in [0.29, 0.717) is 0 Å².